The van der Waals surface area contributed by atoms with E-state index in [9.17, 15) is 4.79 Å². The third-order valence-corrected chi connectivity index (χ3v) is 3.11. The molecule has 0 aliphatic carbocycles. The second-order valence-corrected chi connectivity index (χ2v) is 4.79. The minimum Gasteiger partial charge on any atom is -0.383 e. The number of nitrogen functional groups attached to an aromatic ring is 2. The Morgan fingerprint density at radius 3 is 2.41 bits per heavy atom. The van der Waals surface area contributed by atoms with E-state index in [1.54, 1.807) is 0 Å². The third-order valence-electron chi connectivity index (χ3n) is 3.11. The van der Waals surface area contributed by atoms with Crippen LogP contribution in [0.25, 0.3) is 22.3 Å². The summed E-state index contributed by atoms with van der Waals surface area (Å²) in [6, 6.07) is 11.0. The van der Waals surface area contributed by atoms with Crippen LogP contribution < -0.4 is 16.8 Å². The highest BCUT2D eigenvalue weighted by molar-refractivity contribution is 5.89. The number of carbonyl (C=O) groups excluding carboxylic acids is 1. The molecule has 2 heterocycles. The first-order valence-corrected chi connectivity index (χ1v) is 6.61. The summed E-state index contributed by atoms with van der Waals surface area (Å²) in [6.07, 6.45) is 0. The van der Waals surface area contributed by atoms with E-state index in [2.05, 4.69) is 20.3 Å². The largest absolute Gasteiger partial charge is 0.383 e. The zero-order chi connectivity index (χ0) is 15.7. The van der Waals surface area contributed by atoms with Gasteiger partial charge in [0.05, 0.1) is 11.1 Å². The van der Waals surface area contributed by atoms with Gasteiger partial charge in [-0.1, -0.05) is 12.1 Å². The molecule has 7 heteroatoms. The molecule has 3 aromatic rings. The van der Waals surface area contributed by atoms with Crippen LogP contribution in [0, 0.1) is 0 Å². The Morgan fingerprint density at radius 1 is 1.00 bits per heavy atom. The molecule has 0 saturated heterocycles. The van der Waals surface area contributed by atoms with Gasteiger partial charge in [-0.3, -0.25) is 4.79 Å². The van der Waals surface area contributed by atoms with E-state index in [4.69, 9.17) is 11.5 Å². The molecule has 0 spiro atoms. The molecule has 110 valence electrons. The molecule has 0 fully saturated rings. The number of aromatic nitrogens is 3. The zero-order valence-electron chi connectivity index (χ0n) is 11.9. The van der Waals surface area contributed by atoms with Crippen LogP contribution >= 0.6 is 0 Å². The maximum absolute atomic E-state index is 11.0. The summed E-state index contributed by atoms with van der Waals surface area (Å²) in [5.74, 6) is 0.289. The van der Waals surface area contributed by atoms with Crippen molar-refractivity contribution < 1.29 is 4.79 Å². The molecule has 0 unspecified atom stereocenters. The van der Waals surface area contributed by atoms with Gasteiger partial charge in [0, 0.05) is 18.2 Å². The zero-order valence-corrected chi connectivity index (χ0v) is 11.9. The van der Waals surface area contributed by atoms with E-state index in [-0.39, 0.29) is 11.9 Å². The van der Waals surface area contributed by atoms with Crippen LogP contribution in [0.15, 0.2) is 36.4 Å². The van der Waals surface area contributed by atoms with Crippen LogP contribution in [0.4, 0.5) is 17.5 Å². The van der Waals surface area contributed by atoms with Crippen molar-refractivity contribution in [3.8, 4) is 11.3 Å². The number of pyridine rings is 1. The first-order chi connectivity index (χ1) is 10.5. The van der Waals surface area contributed by atoms with Gasteiger partial charge in [0.25, 0.3) is 0 Å². The monoisotopic (exact) mass is 294 g/mol. The number of benzene rings is 1. The van der Waals surface area contributed by atoms with Crippen molar-refractivity contribution in [1.29, 1.82) is 0 Å². The van der Waals surface area contributed by atoms with Crippen molar-refractivity contribution >= 4 is 34.4 Å². The lowest BCUT2D eigenvalue weighted by atomic mass is 10.1. The minimum atomic E-state index is -0.112. The number of nitrogens with two attached hydrogens (primary N) is 2. The topological polar surface area (TPSA) is 120 Å². The molecule has 22 heavy (non-hydrogen) atoms. The van der Waals surface area contributed by atoms with Crippen LogP contribution in [0.5, 0.6) is 0 Å². The van der Waals surface area contributed by atoms with E-state index in [0.717, 1.165) is 16.9 Å². The highest BCUT2D eigenvalue weighted by Gasteiger charge is 2.07. The number of nitrogens with zero attached hydrogens (tertiary/aromatic N) is 3. The highest BCUT2D eigenvalue weighted by atomic mass is 16.1. The number of amides is 1. The van der Waals surface area contributed by atoms with E-state index in [0.29, 0.717) is 16.9 Å². The average molecular weight is 294 g/mol. The van der Waals surface area contributed by atoms with Gasteiger partial charge >= 0.3 is 0 Å². The van der Waals surface area contributed by atoms with E-state index < -0.39 is 0 Å². The van der Waals surface area contributed by atoms with Crippen LogP contribution in [-0.4, -0.2) is 20.9 Å². The second kappa shape index (κ2) is 5.28. The molecule has 2 aromatic heterocycles. The maximum Gasteiger partial charge on any atom is 0.224 e. The van der Waals surface area contributed by atoms with Crippen LogP contribution in [0.2, 0.25) is 0 Å². The number of carbonyl (C=O) groups is 1. The summed E-state index contributed by atoms with van der Waals surface area (Å²) < 4.78 is 0. The lowest BCUT2D eigenvalue weighted by Gasteiger charge is -2.06. The molecule has 5 N–H and O–H groups in total. The van der Waals surface area contributed by atoms with Gasteiger partial charge in [-0.05, 0) is 24.3 Å². The number of hydrogen-bond donors (Lipinski definition) is 3. The first kappa shape index (κ1) is 13.7. The number of fused-ring (bicyclic) bond motifs is 1. The Kier molecular flexibility index (Phi) is 3.30. The van der Waals surface area contributed by atoms with Gasteiger partial charge in [0.15, 0.2) is 5.65 Å². The molecule has 1 amide bonds. The van der Waals surface area contributed by atoms with Crippen LogP contribution in [-0.2, 0) is 4.79 Å². The van der Waals surface area contributed by atoms with E-state index >= 15 is 0 Å². The van der Waals surface area contributed by atoms with Gasteiger partial charge in [-0.2, -0.15) is 9.97 Å². The van der Waals surface area contributed by atoms with Crippen molar-refractivity contribution in [2.24, 2.45) is 0 Å². The lowest BCUT2D eigenvalue weighted by Crippen LogP contribution is -2.05. The summed E-state index contributed by atoms with van der Waals surface area (Å²) in [7, 11) is 0. The van der Waals surface area contributed by atoms with Crippen molar-refractivity contribution in [2.45, 2.75) is 6.92 Å². The van der Waals surface area contributed by atoms with Crippen molar-refractivity contribution in [3.05, 3.63) is 36.4 Å². The molecule has 3 rings (SSSR count). The molecule has 0 aliphatic rings. The Balaban J connectivity index is 2.01. The molecule has 0 radical (unpaired) electrons. The number of nitrogens with one attached hydrogen (secondary N) is 1. The fourth-order valence-electron chi connectivity index (χ4n) is 2.14. The third kappa shape index (κ3) is 2.64. The Hall–Kier alpha value is -3.22. The lowest BCUT2D eigenvalue weighted by molar-refractivity contribution is -0.114. The predicted octanol–water partition coefficient (Wildman–Crippen LogP) is 1.81. The van der Waals surface area contributed by atoms with Gasteiger partial charge in [-0.15, -0.1) is 0 Å². The SMILES string of the molecule is CC(=O)Nc1ccc(-c2ccc3c(N)nc(N)nc3n2)cc1. The molecular weight excluding hydrogens is 280 g/mol. The summed E-state index contributed by atoms with van der Waals surface area (Å²) >= 11 is 0. The standard InChI is InChI=1S/C15H14N6O/c1-8(22)18-10-4-2-9(3-5-10)12-7-6-11-13(16)20-15(17)21-14(11)19-12/h2-7H,1H3,(H,18,22)(H4,16,17,19,20,21). The molecular formula is C15H14N6O. The molecule has 0 bridgehead atoms. The second-order valence-electron chi connectivity index (χ2n) is 4.79. The van der Waals surface area contributed by atoms with Crippen LogP contribution in [0.1, 0.15) is 6.92 Å². The molecule has 0 atom stereocenters. The van der Waals surface area contributed by atoms with Gasteiger partial charge in [0.2, 0.25) is 11.9 Å². The van der Waals surface area contributed by atoms with E-state index in [1.165, 1.54) is 6.92 Å². The molecule has 7 nitrogen and oxygen atoms in total. The molecule has 0 saturated carbocycles. The quantitative estimate of drug-likeness (QED) is 0.663. The molecule has 0 aliphatic heterocycles. The average Bonchev–Trinajstić information content (AvgIpc) is 2.46. The molecule has 1 aromatic carbocycles. The fraction of sp³-hybridized carbons (Fsp3) is 0.0667. The maximum atomic E-state index is 11.0. The van der Waals surface area contributed by atoms with Gasteiger partial charge in [0.1, 0.15) is 5.82 Å². The Morgan fingerprint density at radius 2 is 1.73 bits per heavy atom. The normalized spacial score (nSPS) is 10.6. The van der Waals surface area contributed by atoms with Crippen LogP contribution in [0.3, 0.4) is 0 Å². The number of hydrogen-bond acceptors (Lipinski definition) is 6. The number of anilines is 3. The van der Waals surface area contributed by atoms with Gasteiger partial charge < -0.3 is 16.8 Å². The smallest absolute Gasteiger partial charge is 0.224 e. The summed E-state index contributed by atoms with van der Waals surface area (Å²) in [5.41, 5.74) is 14.2. The van der Waals surface area contributed by atoms with Crippen molar-refractivity contribution in [3.63, 3.8) is 0 Å². The van der Waals surface area contributed by atoms with Gasteiger partial charge in [-0.25, -0.2) is 4.98 Å². The number of rotatable bonds is 2. The summed E-state index contributed by atoms with van der Waals surface area (Å²) in [4.78, 5) is 23.5. The summed E-state index contributed by atoms with van der Waals surface area (Å²) in [5, 5.41) is 3.38. The Labute approximate surface area is 126 Å². The van der Waals surface area contributed by atoms with Crippen molar-refractivity contribution in [1.82, 2.24) is 15.0 Å². The first-order valence-electron chi connectivity index (χ1n) is 6.61. The Bertz CT molecular complexity index is 860. The van der Waals surface area contributed by atoms with E-state index in [1.807, 2.05) is 36.4 Å². The highest BCUT2D eigenvalue weighted by Crippen LogP contribution is 2.24. The predicted molar refractivity (Wildman–Crippen MR) is 85.9 cm³/mol. The summed E-state index contributed by atoms with van der Waals surface area (Å²) in [6.45, 7) is 1.47. The van der Waals surface area contributed by atoms with Crippen molar-refractivity contribution in [2.75, 3.05) is 16.8 Å². The fourth-order valence-corrected chi connectivity index (χ4v) is 2.14. The minimum absolute atomic E-state index is 0.0932.